The van der Waals surface area contributed by atoms with Crippen LogP contribution in [-0.4, -0.2) is 25.1 Å². The second kappa shape index (κ2) is 6.78. The molecule has 0 aliphatic carbocycles. The van der Waals surface area contributed by atoms with E-state index in [-0.39, 0.29) is 0 Å². The van der Waals surface area contributed by atoms with Gasteiger partial charge in [-0.2, -0.15) is 0 Å². The highest BCUT2D eigenvalue weighted by atomic mass is 16.5. The van der Waals surface area contributed by atoms with Crippen LogP contribution < -0.4 is 15.4 Å². The van der Waals surface area contributed by atoms with E-state index in [4.69, 9.17) is 4.74 Å². The van der Waals surface area contributed by atoms with E-state index >= 15 is 0 Å². The third-order valence-electron chi connectivity index (χ3n) is 2.69. The molecule has 1 rings (SSSR count). The molecule has 5 heteroatoms. The summed E-state index contributed by atoms with van der Waals surface area (Å²) in [5.74, 6) is 0.569. The Kier molecular flexibility index (Phi) is 5.36. The average Bonchev–Trinajstić information content (AvgIpc) is 2.38. The van der Waals surface area contributed by atoms with E-state index in [0.717, 1.165) is 0 Å². The predicted molar refractivity (Wildman–Crippen MR) is 73.2 cm³/mol. The van der Waals surface area contributed by atoms with Gasteiger partial charge in [-0.1, -0.05) is 26.0 Å². The Morgan fingerprint density at radius 3 is 2.16 bits per heavy atom. The molecular weight excluding hydrogens is 244 g/mol. The van der Waals surface area contributed by atoms with Gasteiger partial charge in [-0.25, -0.2) is 4.79 Å². The minimum atomic E-state index is -0.734. The molecule has 0 bridgehead atoms. The van der Waals surface area contributed by atoms with Gasteiger partial charge in [0.1, 0.15) is 5.75 Å². The van der Waals surface area contributed by atoms with Gasteiger partial charge in [0.2, 0.25) is 0 Å². The van der Waals surface area contributed by atoms with Crippen molar-refractivity contribution in [2.45, 2.75) is 32.8 Å². The number of nitrogens with one attached hydrogen (secondary N) is 2. The van der Waals surface area contributed by atoms with Gasteiger partial charge >= 0.3 is 6.03 Å². The molecule has 1 atom stereocenters. The lowest BCUT2D eigenvalue weighted by molar-refractivity contribution is -0.126. The van der Waals surface area contributed by atoms with Crippen molar-refractivity contribution in [1.82, 2.24) is 10.6 Å². The number of benzene rings is 1. The van der Waals surface area contributed by atoms with Gasteiger partial charge in [0, 0.05) is 7.05 Å². The van der Waals surface area contributed by atoms with E-state index < -0.39 is 18.0 Å². The van der Waals surface area contributed by atoms with Gasteiger partial charge in [0.15, 0.2) is 6.10 Å². The number of hydrogen-bond acceptors (Lipinski definition) is 3. The van der Waals surface area contributed by atoms with E-state index in [1.165, 1.54) is 12.6 Å². The molecule has 0 saturated carbocycles. The highest BCUT2D eigenvalue weighted by molar-refractivity contribution is 5.96. The molecule has 0 fully saturated rings. The van der Waals surface area contributed by atoms with Crippen LogP contribution in [0.2, 0.25) is 0 Å². The van der Waals surface area contributed by atoms with Crippen LogP contribution in [0.15, 0.2) is 24.3 Å². The maximum atomic E-state index is 11.6. The molecule has 0 aliphatic heterocycles. The van der Waals surface area contributed by atoms with Gasteiger partial charge in [-0.05, 0) is 30.5 Å². The molecule has 0 radical (unpaired) electrons. The topological polar surface area (TPSA) is 67.4 Å². The van der Waals surface area contributed by atoms with Crippen LogP contribution >= 0.6 is 0 Å². The molecule has 19 heavy (non-hydrogen) atoms. The molecule has 0 aliphatic rings. The lowest BCUT2D eigenvalue weighted by atomic mass is 10.0. The molecule has 3 amide bonds. The number of ether oxygens (including phenoxy) is 1. The third-order valence-corrected chi connectivity index (χ3v) is 2.69. The smallest absolute Gasteiger partial charge is 0.321 e. The fraction of sp³-hybridized carbons (Fsp3) is 0.429. The summed E-state index contributed by atoms with van der Waals surface area (Å²) >= 11 is 0. The summed E-state index contributed by atoms with van der Waals surface area (Å²) < 4.78 is 5.46. The van der Waals surface area contributed by atoms with Crippen LogP contribution in [0.25, 0.3) is 0 Å². The second-order valence-corrected chi connectivity index (χ2v) is 4.55. The summed E-state index contributed by atoms with van der Waals surface area (Å²) in [6.45, 7) is 5.80. The first-order valence-electron chi connectivity index (χ1n) is 6.23. The number of urea groups is 1. The Morgan fingerprint density at radius 1 is 1.11 bits per heavy atom. The standard InChI is InChI=1S/C14H20N2O3/c1-9(2)11-5-7-12(8-6-11)19-10(3)13(17)16-14(18)15-4/h5-10H,1-4H3,(H2,15,16,17,18)/t10-/m0/s1. The van der Waals surface area contributed by atoms with Crippen LogP contribution in [0.3, 0.4) is 0 Å². The molecule has 0 spiro atoms. The summed E-state index contributed by atoms with van der Waals surface area (Å²) in [4.78, 5) is 22.6. The summed E-state index contributed by atoms with van der Waals surface area (Å²) in [5, 5.41) is 4.47. The van der Waals surface area contributed by atoms with E-state index in [1.807, 2.05) is 24.3 Å². The number of imide groups is 1. The van der Waals surface area contributed by atoms with Crippen molar-refractivity contribution in [3.63, 3.8) is 0 Å². The molecule has 0 saturated heterocycles. The Labute approximate surface area is 113 Å². The number of amides is 3. The van der Waals surface area contributed by atoms with E-state index in [0.29, 0.717) is 11.7 Å². The number of rotatable bonds is 4. The van der Waals surface area contributed by atoms with Crippen LogP contribution in [0.4, 0.5) is 4.79 Å². The lowest BCUT2D eigenvalue weighted by Gasteiger charge is -2.14. The van der Waals surface area contributed by atoms with Crippen molar-refractivity contribution in [1.29, 1.82) is 0 Å². The van der Waals surface area contributed by atoms with Crippen LogP contribution in [0.5, 0.6) is 5.75 Å². The number of hydrogen-bond donors (Lipinski definition) is 2. The lowest BCUT2D eigenvalue weighted by Crippen LogP contribution is -2.43. The van der Waals surface area contributed by atoms with Gasteiger partial charge in [0.25, 0.3) is 5.91 Å². The van der Waals surface area contributed by atoms with Crippen LogP contribution in [0.1, 0.15) is 32.3 Å². The van der Waals surface area contributed by atoms with Crippen molar-refractivity contribution >= 4 is 11.9 Å². The zero-order valence-electron chi connectivity index (χ0n) is 11.7. The molecule has 2 N–H and O–H groups in total. The molecule has 0 heterocycles. The Bertz CT molecular complexity index is 441. The van der Waals surface area contributed by atoms with Crippen LogP contribution in [-0.2, 0) is 4.79 Å². The summed E-state index contributed by atoms with van der Waals surface area (Å²) in [6, 6.07) is 7.01. The first-order chi connectivity index (χ1) is 8.93. The van der Waals surface area contributed by atoms with Gasteiger partial charge in [0.05, 0.1) is 0 Å². The van der Waals surface area contributed by atoms with E-state index in [9.17, 15) is 9.59 Å². The molecule has 5 nitrogen and oxygen atoms in total. The van der Waals surface area contributed by atoms with E-state index in [1.54, 1.807) is 6.92 Å². The zero-order chi connectivity index (χ0) is 14.4. The fourth-order valence-corrected chi connectivity index (χ4v) is 1.46. The van der Waals surface area contributed by atoms with Crippen molar-refractivity contribution in [2.75, 3.05) is 7.05 Å². The Balaban J connectivity index is 2.58. The monoisotopic (exact) mass is 264 g/mol. The number of carbonyl (C=O) groups excluding carboxylic acids is 2. The molecule has 0 aromatic heterocycles. The zero-order valence-corrected chi connectivity index (χ0v) is 11.7. The predicted octanol–water partition coefficient (Wildman–Crippen LogP) is 2.03. The first kappa shape index (κ1) is 15.0. The fourth-order valence-electron chi connectivity index (χ4n) is 1.46. The first-order valence-corrected chi connectivity index (χ1v) is 6.23. The highest BCUT2D eigenvalue weighted by Gasteiger charge is 2.16. The molecule has 104 valence electrons. The largest absolute Gasteiger partial charge is 0.481 e. The minimum absolute atomic E-state index is 0.447. The van der Waals surface area contributed by atoms with Crippen molar-refractivity contribution in [3.05, 3.63) is 29.8 Å². The molecular formula is C14H20N2O3. The molecule has 1 aromatic rings. The summed E-state index contributed by atoms with van der Waals surface area (Å²) in [6.07, 6.45) is -0.734. The Morgan fingerprint density at radius 2 is 1.68 bits per heavy atom. The second-order valence-electron chi connectivity index (χ2n) is 4.55. The normalized spacial score (nSPS) is 11.8. The molecule has 0 unspecified atom stereocenters. The average molecular weight is 264 g/mol. The van der Waals surface area contributed by atoms with Crippen molar-refractivity contribution in [2.24, 2.45) is 0 Å². The minimum Gasteiger partial charge on any atom is -0.481 e. The van der Waals surface area contributed by atoms with Gasteiger partial charge in [-0.15, -0.1) is 0 Å². The van der Waals surface area contributed by atoms with Crippen molar-refractivity contribution < 1.29 is 14.3 Å². The van der Waals surface area contributed by atoms with Crippen molar-refractivity contribution in [3.8, 4) is 5.75 Å². The maximum Gasteiger partial charge on any atom is 0.321 e. The van der Waals surface area contributed by atoms with Crippen LogP contribution in [0, 0.1) is 0 Å². The highest BCUT2D eigenvalue weighted by Crippen LogP contribution is 2.19. The number of carbonyl (C=O) groups is 2. The van der Waals surface area contributed by atoms with Gasteiger partial charge < -0.3 is 10.1 Å². The summed E-state index contributed by atoms with van der Waals surface area (Å²) in [5.41, 5.74) is 1.20. The third kappa shape index (κ3) is 4.62. The SMILES string of the molecule is CNC(=O)NC(=O)[C@H](C)Oc1ccc(C(C)C)cc1. The quantitative estimate of drug-likeness (QED) is 0.874. The van der Waals surface area contributed by atoms with Gasteiger partial charge in [-0.3, -0.25) is 10.1 Å². The van der Waals surface area contributed by atoms with E-state index in [2.05, 4.69) is 24.5 Å². The Hall–Kier alpha value is -2.04. The maximum absolute atomic E-state index is 11.6. The summed E-state index contributed by atoms with van der Waals surface area (Å²) in [7, 11) is 1.44. The molecule has 1 aromatic carbocycles.